The molecule has 1 aromatic heterocycles. The molecule has 1 aliphatic rings. The van der Waals surface area contributed by atoms with Crippen LogP contribution in [0.1, 0.15) is 50.0 Å². The average molecular weight is 248 g/mol. The number of hydrogen-bond donors (Lipinski definition) is 2. The third-order valence-electron chi connectivity index (χ3n) is 3.02. The second-order valence-electron chi connectivity index (χ2n) is 5.06. The molecule has 1 aliphatic carbocycles. The number of amides is 1. The van der Waals surface area contributed by atoms with E-state index in [0.29, 0.717) is 23.6 Å². The van der Waals surface area contributed by atoms with Gasteiger partial charge in [0.1, 0.15) is 5.82 Å². The fraction of sp³-hybridized carbons (Fsp3) is 0.615. The van der Waals surface area contributed by atoms with Gasteiger partial charge in [0.15, 0.2) is 5.69 Å². The van der Waals surface area contributed by atoms with Gasteiger partial charge in [-0.1, -0.05) is 12.8 Å². The normalized spacial score (nSPS) is 15.9. The summed E-state index contributed by atoms with van der Waals surface area (Å²) in [6.45, 7) is 4.06. The molecular weight excluding hydrogens is 228 g/mol. The SMILES string of the molecule is CC(C)Nc1ccc(C(=O)NC2CCCC2)nn1. The first-order valence-electron chi connectivity index (χ1n) is 6.56. The zero-order chi connectivity index (χ0) is 13.0. The molecule has 2 N–H and O–H groups in total. The van der Waals surface area contributed by atoms with Crippen LogP contribution in [0.2, 0.25) is 0 Å². The van der Waals surface area contributed by atoms with E-state index in [1.165, 1.54) is 12.8 Å². The minimum Gasteiger partial charge on any atom is -0.366 e. The summed E-state index contributed by atoms with van der Waals surface area (Å²) in [5.41, 5.74) is 0.385. The number of nitrogens with zero attached hydrogens (tertiary/aromatic N) is 2. The number of carbonyl (C=O) groups is 1. The molecule has 98 valence electrons. The lowest BCUT2D eigenvalue weighted by molar-refractivity contribution is 0.0932. The molecule has 1 heterocycles. The molecule has 0 spiro atoms. The molecule has 1 saturated carbocycles. The minimum absolute atomic E-state index is 0.120. The predicted octanol–water partition coefficient (Wildman–Crippen LogP) is 1.97. The molecule has 5 nitrogen and oxygen atoms in total. The van der Waals surface area contributed by atoms with Crippen molar-refractivity contribution in [3.05, 3.63) is 17.8 Å². The van der Waals surface area contributed by atoms with Gasteiger partial charge in [0.2, 0.25) is 0 Å². The van der Waals surface area contributed by atoms with E-state index in [1.807, 2.05) is 13.8 Å². The van der Waals surface area contributed by atoms with Crippen molar-refractivity contribution in [2.45, 2.75) is 51.6 Å². The summed E-state index contributed by atoms with van der Waals surface area (Å²) < 4.78 is 0. The van der Waals surface area contributed by atoms with Crippen molar-refractivity contribution in [1.82, 2.24) is 15.5 Å². The highest BCUT2D eigenvalue weighted by molar-refractivity contribution is 5.92. The average Bonchev–Trinajstić information content (AvgIpc) is 2.82. The van der Waals surface area contributed by atoms with Crippen LogP contribution in [0, 0.1) is 0 Å². The molecule has 0 bridgehead atoms. The number of hydrogen-bond acceptors (Lipinski definition) is 4. The Morgan fingerprint density at radius 3 is 2.56 bits per heavy atom. The van der Waals surface area contributed by atoms with Gasteiger partial charge in [0, 0.05) is 12.1 Å². The number of rotatable bonds is 4. The monoisotopic (exact) mass is 248 g/mol. The molecule has 2 rings (SSSR count). The highest BCUT2D eigenvalue weighted by Gasteiger charge is 2.18. The number of carbonyl (C=O) groups excluding carboxylic acids is 1. The van der Waals surface area contributed by atoms with E-state index < -0.39 is 0 Å². The number of aromatic nitrogens is 2. The fourth-order valence-electron chi connectivity index (χ4n) is 2.16. The largest absolute Gasteiger partial charge is 0.366 e. The Kier molecular flexibility index (Phi) is 4.12. The van der Waals surface area contributed by atoms with Gasteiger partial charge in [-0.15, -0.1) is 10.2 Å². The van der Waals surface area contributed by atoms with Crippen LogP contribution >= 0.6 is 0 Å². The maximum Gasteiger partial charge on any atom is 0.272 e. The lowest BCUT2D eigenvalue weighted by Gasteiger charge is -2.11. The predicted molar refractivity (Wildman–Crippen MR) is 70.5 cm³/mol. The molecule has 5 heteroatoms. The fourth-order valence-corrected chi connectivity index (χ4v) is 2.16. The third kappa shape index (κ3) is 3.42. The summed E-state index contributed by atoms with van der Waals surface area (Å²) in [4.78, 5) is 11.9. The van der Waals surface area contributed by atoms with E-state index in [4.69, 9.17) is 0 Å². The van der Waals surface area contributed by atoms with Crippen LogP contribution in [-0.4, -0.2) is 28.2 Å². The van der Waals surface area contributed by atoms with Crippen LogP contribution in [0.4, 0.5) is 5.82 Å². The van der Waals surface area contributed by atoms with Crippen molar-refractivity contribution in [2.24, 2.45) is 0 Å². The molecule has 1 amide bonds. The Balaban J connectivity index is 1.93. The van der Waals surface area contributed by atoms with Crippen molar-refractivity contribution in [3.8, 4) is 0 Å². The van der Waals surface area contributed by atoms with E-state index in [0.717, 1.165) is 12.8 Å². The first kappa shape index (κ1) is 12.8. The maximum absolute atomic E-state index is 11.9. The Morgan fingerprint density at radius 2 is 2.00 bits per heavy atom. The van der Waals surface area contributed by atoms with E-state index >= 15 is 0 Å². The van der Waals surface area contributed by atoms with Crippen molar-refractivity contribution in [2.75, 3.05) is 5.32 Å². The summed E-state index contributed by atoms with van der Waals surface area (Å²) in [6, 6.07) is 4.11. The van der Waals surface area contributed by atoms with Gasteiger partial charge in [0.25, 0.3) is 5.91 Å². The smallest absolute Gasteiger partial charge is 0.272 e. The number of anilines is 1. The first-order chi connectivity index (χ1) is 8.65. The quantitative estimate of drug-likeness (QED) is 0.855. The molecule has 0 aromatic carbocycles. The van der Waals surface area contributed by atoms with Crippen LogP contribution in [0.3, 0.4) is 0 Å². The summed E-state index contributed by atoms with van der Waals surface area (Å²) in [5, 5.41) is 14.1. The van der Waals surface area contributed by atoms with Gasteiger partial charge >= 0.3 is 0 Å². The zero-order valence-corrected chi connectivity index (χ0v) is 10.9. The summed E-state index contributed by atoms with van der Waals surface area (Å²) in [6.07, 6.45) is 4.56. The van der Waals surface area contributed by atoms with Crippen LogP contribution < -0.4 is 10.6 Å². The van der Waals surface area contributed by atoms with E-state index in [2.05, 4.69) is 20.8 Å². The van der Waals surface area contributed by atoms with Crippen molar-refractivity contribution in [1.29, 1.82) is 0 Å². The highest BCUT2D eigenvalue weighted by Crippen LogP contribution is 2.17. The topological polar surface area (TPSA) is 66.9 Å². The van der Waals surface area contributed by atoms with E-state index in [1.54, 1.807) is 12.1 Å². The van der Waals surface area contributed by atoms with E-state index in [9.17, 15) is 4.79 Å². The lowest BCUT2D eigenvalue weighted by Crippen LogP contribution is -2.33. The third-order valence-corrected chi connectivity index (χ3v) is 3.02. The molecule has 0 saturated heterocycles. The lowest BCUT2D eigenvalue weighted by atomic mass is 10.2. The van der Waals surface area contributed by atoms with Crippen LogP contribution in [0.15, 0.2) is 12.1 Å². The van der Waals surface area contributed by atoms with Crippen LogP contribution in [0.25, 0.3) is 0 Å². The second-order valence-corrected chi connectivity index (χ2v) is 5.06. The molecule has 0 atom stereocenters. The summed E-state index contributed by atoms with van der Waals surface area (Å²) in [5.74, 6) is 0.577. The summed E-state index contributed by atoms with van der Waals surface area (Å²) >= 11 is 0. The molecule has 1 aromatic rings. The van der Waals surface area contributed by atoms with Crippen LogP contribution in [-0.2, 0) is 0 Å². The maximum atomic E-state index is 11.9. The van der Waals surface area contributed by atoms with E-state index in [-0.39, 0.29) is 5.91 Å². The Morgan fingerprint density at radius 1 is 1.28 bits per heavy atom. The summed E-state index contributed by atoms with van der Waals surface area (Å²) in [7, 11) is 0. The van der Waals surface area contributed by atoms with Gasteiger partial charge in [0.05, 0.1) is 0 Å². The molecule has 0 aliphatic heterocycles. The molecular formula is C13H20N4O. The second kappa shape index (κ2) is 5.80. The van der Waals surface area contributed by atoms with Gasteiger partial charge in [-0.2, -0.15) is 0 Å². The zero-order valence-electron chi connectivity index (χ0n) is 10.9. The first-order valence-corrected chi connectivity index (χ1v) is 6.56. The molecule has 18 heavy (non-hydrogen) atoms. The van der Waals surface area contributed by atoms with Crippen molar-refractivity contribution in [3.63, 3.8) is 0 Å². The molecule has 1 fully saturated rings. The van der Waals surface area contributed by atoms with Crippen LogP contribution in [0.5, 0.6) is 0 Å². The molecule has 0 radical (unpaired) electrons. The van der Waals surface area contributed by atoms with Crippen molar-refractivity contribution >= 4 is 11.7 Å². The Hall–Kier alpha value is -1.65. The standard InChI is InChI=1S/C13H20N4O/c1-9(2)14-12-8-7-11(16-17-12)13(18)15-10-5-3-4-6-10/h7-10H,3-6H2,1-2H3,(H,14,17)(H,15,18). The highest BCUT2D eigenvalue weighted by atomic mass is 16.2. The molecule has 0 unspecified atom stereocenters. The van der Waals surface area contributed by atoms with Gasteiger partial charge in [-0.25, -0.2) is 0 Å². The van der Waals surface area contributed by atoms with Gasteiger partial charge in [-0.05, 0) is 38.8 Å². The van der Waals surface area contributed by atoms with Crippen molar-refractivity contribution < 1.29 is 4.79 Å². The number of nitrogens with one attached hydrogen (secondary N) is 2. The van der Waals surface area contributed by atoms with Gasteiger partial charge < -0.3 is 10.6 Å². The minimum atomic E-state index is -0.120. The Labute approximate surface area is 107 Å². The Bertz CT molecular complexity index is 396. The van der Waals surface area contributed by atoms with Gasteiger partial charge in [-0.3, -0.25) is 4.79 Å².